The van der Waals surface area contributed by atoms with Gasteiger partial charge in [0, 0.05) is 22.1 Å². The van der Waals surface area contributed by atoms with E-state index in [1.807, 2.05) is 54.6 Å². The van der Waals surface area contributed by atoms with E-state index in [9.17, 15) is 4.79 Å². The van der Waals surface area contributed by atoms with Crippen LogP contribution in [0.3, 0.4) is 0 Å². The van der Waals surface area contributed by atoms with Crippen LogP contribution in [-0.2, 0) is 0 Å². The number of para-hydroxylation sites is 1. The molecule has 0 aromatic heterocycles. The fraction of sp³-hybridized carbons (Fsp3) is 0.0500. The quantitative estimate of drug-likeness (QED) is 0.651. The Balaban J connectivity index is 1.71. The van der Waals surface area contributed by atoms with E-state index in [2.05, 4.69) is 10.6 Å². The van der Waals surface area contributed by atoms with E-state index < -0.39 is 0 Å². The van der Waals surface area contributed by atoms with Crippen molar-refractivity contribution in [3.63, 3.8) is 0 Å². The molecular formula is C20H17ClN2O2. The van der Waals surface area contributed by atoms with E-state index in [0.29, 0.717) is 22.0 Å². The predicted octanol–water partition coefficient (Wildman–Crippen LogP) is 5.34. The van der Waals surface area contributed by atoms with Crippen LogP contribution in [0.15, 0.2) is 72.8 Å². The molecule has 3 aromatic rings. The molecule has 0 saturated carbocycles. The molecule has 0 unspecified atom stereocenters. The first-order valence-corrected chi connectivity index (χ1v) is 8.10. The van der Waals surface area contributed by atoms with Gasteiger partial charge in [0.1, 0.15) is 5.75 Å². The lowest BCUT2D eigenvalue weighted by Crippen LogP contribution is -2.13. The maximum absolute atomic E-state index is 12.5. The summed E-state index contributed by atoms with van der Waals surface area (Å²) in [6.45, 7) is 0. The van der Waals surface area contributed by atoms with E-state index in [-0.39, 0.29) is 5.91 Å². The Morgan fingerprint density at radius 1 is 0.880 bits per heavy atom. The number of hydrogen-bond donors (Lipinski definition) is 2. The second-order valence-electron chi connectivity index (χ2n) is 5.37. The van der Waals surface area contributed by atoms with Gasteiger partial charge in [0.15, 0.2) is 0 Å². The smallest absolute Gasteiger partial charge is 0.259 e. The third-order valence-corrected chi connectivity index (χ3v) is 3.85. The van der Waals surface area contributed by atoms with Crippen molar-refractivity contribution in [1.82, 2.24) is 0 Å². The van der Waals surface area contributed by atoms with Crippen LogP contribution in [0.4, 0.5) is 17.1 Å². The molecule has 5 heteroatoms. The minimum Gasteiger partial charge on any atom is -0.496 e. The predicted molar refractivity (Wildman–Crippen MR) is 102 cm³/mol. The third-order valence-electron chi connectivity index (χ3n) is 3.61. The van der Waals surface area contributed by atoms with Crippen molar-refractivity contribution in [3.05, 3.63) is 83.4 Å². The molecule has 0 atom stereocenters. The van der Waals surface area contributed by atoms with Gasteiger partial charge in [-0.15, -0.1) is 0 Å². The Morgan fingerprint density at radius 2 is 1.52 bits per heavy atom. The summed E-state index contributed by atoms with van der Waals surface area (Å²) in [6.07, 6.45) is 0. The number of amides is 1. The summed E-state index contributed by atoms with van der Waals surface area (Å²) in [6, 6.07) is 22.3. The monoisotopic (exact) mass is 352 g/mol. The SMILES string of the molecule is COc1ccc(Cl)cc1C(=O)Nc1ccc(Nc2ccccc2)cc1. The summed E-state index contributed by atoms with van der Waals surface area (Å²) in [5.74, 6) is 0.201. The van der Waals surface area contributed by atoms with E-state index in [1.54, 1.807) is 18.2 Å². The van der Waals surface area contributed by atoms with Crippen LogP contribution < -0.4 is 15.4 Å². The van der Waals surface area contributed by atoms with E-state index >= 15 is 0 Å². The molecule has 4 nitrogen and oxygen atoms in total. The van der Waals surface area contributed by atoms with Crippen molar-refractivity contribution < 1.29 is 9.53 Å². The molecule has 1 amide bonds. The maximum atomic E-state index is 12.5. The fourth-order valence-corrected chi connectivity index (χ4v) is 2.55. The van der Waals surface area contributed by atoms with Gasteiger partial charge < -0.3 is 15.4 Å². The molecule has 0 aliphatic carbocycles. The third kappa shape index (κ3) is 4.31. The summed E-state index contributed by atoms with van der Waals surface area (Å²) in [7, 11) is 1.52. The van der Waals surface area contributed by atoms with Gasteiger partial charge in [0.2, 0.25) is 0 Å². The van der Waals surface area contributed by atoms with Crippen molar-refractivity contribution >= 4 is 34.6 Å². The zero-order valence-electron chi connectivity index (χ0n) is 13.6. The number of benzene rings is 3. The van der Waals surface area contributed by atoms with Gasteiger partial charge in [-0.1, -0.05) is 29.8 Å². The number of carbonyl (C=O) groups is 1. The number of anilines is 3. The van der Waals surface area contributed by atoms with Gasteiger partial charge >= 0.3 is 0 Å². The van der Waals surface area contributed by atoms with Crippen molar-refractivity contribution in [2.24, 2.45) is 0 Å². The molecule has 0 fully saturated rings. The standard InChI is InChI=1S/C20H17ClN2O2/c1-25-19-12-7-14(21)13-18(19)20(24)23-17-10-8-16(9-11-17)22-15-5-3-2-4-6-15/h2-13,22H,1H3,(H,23,24). The van der Waals surface area contributed by atoms with Gasteiger partial charge in [-0.2, -0.15) is 0 Å². The summed E-state index contributed by atoms with van der Waals surface area (Å²) < 4.78 is 5.22. The lowest BCUT2D eigenvalue weighted by molar-refractivity contribution is 0.102. The molecule has 0 heterocycles. The number of carbonyl (C=O) groups excluding carboxylic acids is 1. The van der Waals surface area contributed by atoms with Crippen LogP contribution in [0.1, 0.15) is 10.4 Å². The molecular weight excluding hydrogens is 336 g/mol. The van der Waals surface area contributed by atoms with Crippen molar-refractivity contribution in [2.75, 3.05) is 17.7 Å². The summed E-state index contributed by atoms with van der Waals surface area (Å²) >= 11 is 5.97. The Labute approximate surface area is 151 Å². The number of ether oxygens (including phenoxy) is 1. The molecule has 0 aliphatic rings. The molecule has 2 N–H and O–H groups in total. The summed E-state index contributed by atoms with van der Waals surface area (Å²) in [5, 5.41) is 6.62. The van der Waals surface area contributed by atoms with Crippen molar-refractivity contribution in [1.29, 1.82) is 0 Å². The molecule has 0 radical (unpaired) electrons. The van der Waals surface area contributed by atoms with Crippen LogP contribution in [0.25, 0.3) is 0 Å². The lowest BCUT2D eigenvalue weighted by Gasteiger charge is -2.11. The van der Waals surface area contributed by atoms with Crippen molar-refractivity contribution in [3.8, 4) is 5.75 Å². The van der Waals surface area contributed by atoms with Gasteiger partial charge in [0.05, 0.1) is 12.7 Å². The fourth-order valence-electron chi connectivity index (χ4n) is 2.38. The largest absolute Gasteiger partial charge is 0.496 e. The van der Waals surface area contributed by atoms with Crippen LogP contribution in [0.5, 0.6) is 5.75 Å². The zero-order chi connectivity index (χ0) is 17.6. The van der Waals surface area contributed by atoms with Crippen LogP contribution in [0.2, 0.25) is 5.02 Å². The van der Waals surface area contributed by atoms with Crippen LogP contribution in [0, 0.1) is 0 Å². The van der Waals surface area contributed by atoms with E-state index in [0.717, 1.165) is 11.4 Å². The molecule has 25 heavy (non-hydrogen) atoms. The number of nitrogens with one attached hydrogen (secondary N) is 2. The van der Waals surface area contributed by atoms with E-state index in [1.165, 1.54) is 7.11 Å². The highest BCUT2D eigenvalue weighted by molar-refractivity contribution is 6.31. The van der Waals surface area contributed by atoms with Crippen molar-refractivity contribution in [2.45, 2.75) is 0 Å². The molecule has 3 rings (SSSR count). The number of methoxy groups -OCH3 is 1. The Morgan fingerprint density at radius 3 is 2.20 bits per heavy atom. The van der Waals surface area contributed by atoms with Crippen LogP contribution >= 0.6 is 11.6 Å². The second-order valence-corrected chi connectivity index (χ2v) is 5.80. The minimum atomic E-state index is -0.275. The number of hydrogen-bond acceptors (Lipinski definition) is 3. The zero-order valence-corrected chi connectivity index (χ0v) is 14.4. The molecule has 0 aliphatic heterocycles. The molecule has 0 saturated heterocycles. The molecule has 0 spiro atoms. The summed E-state index contributed by atoms with van der Waals surface area (Å²) in [4.78, 5) is 12.5. The first-order chi connectivity index (χ1) is 12.2. The van der Waals surface area contributed by atoms with Gasteiger partial charge in [-0.25, -0.2) is 0 Å². The van der Waals surface area contributed by atoms with Gasteiger partial charge in [-0.05, 0) is 54.6 Å². The average Bonchev–Trinajstić information content (AvgIpc) is 2.64. The number of rotatable bonds is 5. The summed E-state index contributed by atoms with van der Waals surface area (Å²) in [5.41, 5.74) is 3.01. The van der Waals surface area contributed by atoms with E-state index in [4.69, 9.17) is 16.3 Å². The minimum absolute atomic E-state index is 0.275. The second kappa shape index (κ2) is 7.73. The Bertz CT molecular complexity index is 865. The maximum Gasteiger partial charge on any atom is 0.259 e. The van der Waals surface area contributed by atoms with Gasteiger partial charge in [0.25, 0.3) is 5.91 Å². The highest BCUT2D eigenvalue weighted by Gasteiger charge is 2.13. The molecule has 126 valence electrons. The molecule has 0 bridgehead atoms. The average molecular weight is 353 g/mol. The normalized spacial score (nSPS) is 10.2. The molecule has 3 aromatic carbocycles. The first kappa shape index (κ1) is 16.9. The lowest BCUT2D eigenvalue weighted by atomic mass is 10.1. The Hall–Kier alpha value is -2.98. The number of halogens is 1. The highest BCUT2D eigenvalue weighted by Crippen LogP contribution is 2.24. The van der Waals surface area contributed by atoms with Crippen LogP contribution in [-0.4, -0.2) is 13.0 Å². The Kier molecular flexibility index (Phi) is 5.21. The topological polar surface area (TPSA) is 50.4 Å². The van der Waals surface area contributed by atoms with Gasteiger partial charge in [-0.3, -0.25) is 4.79 Å². The highest BCUT2D eigenvalue weighted by atomic mass is 35.5. The first-order valence-electron chi connectivity index (χ1n) is 7.73.